The summed E-state index contributed by atoms with van der Waals surface area (Å²) < 4.78 is 33.8. The molecule has 7 nitrogen and oxygen atoms in total. The Morgan fingerprint density at radius 3 is 1.53 bits per heavy atom. The maximum atomic E-state index is 7.50. The van der Waals surface area contributed by atoms with Crippen LogP contribution in [0.25, 0.3) is 0 Å². The first kappa shape index (κ1) is 32.9. The summed E-state index contributed by atoms with van der Waals surface area (Å²) in [5.74, 6) is 1.69. The van der Waals surface area contributed by atoms with Crippen molar-refractivity contribution in [3.05, 3.63) is 37.6 Å². The quantitative estimate of drug-likeness (QED) is 0.362. The molecule has 1 saturated heterocycles. The van der Waals surface area contributed by atoms with Gasteiger partial charge in [-0.15, -0.1) is 0 Å². The third kappa shape index (κ3) is 7.10. The molecule has 2 atom stereocenters. The molecule has 1 aromatic carbocycles. The number of benzene rings is 1. The zero-order valence-electron chi connectivity index (χ0n) is 20.1. The van der Waals surface area contributed by atoms with Gasteiger partial charge in [-0.2, -0.15) is 0 Å². The molecule has 1 aliphatic heterocycles. The fourth-order valence-corrected chi connectivity index (χ4v) is 6.52. The van der Waals surface area contributed by atoms with Crippen molar-refractivity contribution in [2.75, 3.05) is 28.3 Å². The molecule has 1 aromatic rings. The van der Waals surface area contributed by atoms with Gasteiger partial charge >= 0.3 is 33.9 Å². The van der Waals surface area contributed by atoms with Crippen LogP contribution in [-0.2, 0) is 31.3 Å². The number of hydrogen-bond donors (Lipinski definition) is 0. The molecule has 0 amide bonds. The van der Waals surface area contributed by atoms with Crippen LogP contribution in [0.5, 0.6) is 11.5 Å². The van der Waals surface area contributed by atoms with Gasteiger partial charge in [0.15, 0.2) is 11.5 Å². The average Bonchev–Trinajstić information content (AvgIpc) is 3.06. The molecule has 2 aliphatic rings. The van der Waals surface area contributed by atoms with Crippen LogP contribution in [0.4, 0.5) is 0 Å². The van der Waals surface area contributed by atoms with E-state index in [1.807, 2.05) is 0 Å². The molecule has 0 unspecified atom stereocenters. The van der Waals surface area contributed by atoms with E-state index in [1.54, 1.807) is 14.2 Å². The van der Waals surface area contributed by atoms with Crippen molar-refractivity contribution in [1.82, 2.24) is 9.80 Å². The molecule has 176 valence electrons. The molecule has 0 radical (unpaired) electrons. The zero-order valence-corrected chi connectivity index (χ0v) is 22.3. The van der Waals surface area contributed by atoms with Gasteiger partial charge in [-0.25, -0.2) is 0 Å². The molecule has 9 heteroatoms. The van der Waals surface area contributed by atoms with Crippen LogP contribution in [0.15, 0.2) is 12.1 Å². The first-order valence-electron chi connectivity index (χ1n) is 10.1. The Balaban J connectivity index is 0. The van der Waals surface area contributed by atoms with Gasteiger partial charge in [0.1, 0.15) is 0 Å². The fourth-order valence-electron chi connectivity index (χ4n) is 4.89. The molecule has 1 saturated carbocycles. The van der Waals surface area contributed by atoms with Crippen molar-refractivity contribution in [3.8, 4) is 11.5 Å². The maximum Gasteiger partial charge on any atom is 0 e. The van der Waals surface area contributed by atoms with Crippen LogP contribution in [0.2, 0.25) is 19.6 Å². The largest absolute Gasteiger partial charge is 0 e. The van der Waals surface area contributed by atoms with Gasteiger partial charge in [0, 0.05) is 29.4 Å². The van der Waals surface area contributed by atoms with E-state index in [-0.39, 0.29) is 17.4 Å². The topological polar surface area (TPSA) is 84.6 Å². The van der Waals surface area contributed by atoms with Crippen LogP contribution < -0.4 is 14.7 Å². The van der Waals surface area contributed by atoms with Crippen LogP contribution >= 0.6 is 0 Å². The number of rotatable bonds is 4. The van der Waals surface area contributed by atoms with E-state index < -0.39 is 8.07 Å². The fraction of sp³-hybridized carbons (Fsp3) is 0.609. The summed E-state index contributed by atoms with van der Waals surface area (Å²) in [4.78, 5) is 5.21. The van der Waals surface area contributed by atoms with E-state index in [9.17, 15) is 0 Å². The van der Waals surface area contributed by atoms with Gasteiger partial charge in [-0.3, -0.25) is 9.80 Å². The van der Waals surface area contributed by atoms with Crippen molar-refractivity contribution in [3.63, 3.8) is 0 Å². The Morgan fingerprint density at radius 2 is 1.19 bits per heavy atom. The second kappa shape index (κ2) is 15.5. The van der Waals surface area contributed by atoms with Crippen LogP contribution in [-0.4, -0.2) is 58.3 Å². The van der Waals surface area contributed by atoms with Crippen molar-refractivity contribution in [1.29, 1.82) is 0 Å². The van der Waals surface area contributed by atoms with Crippen LogP contribution in [0.3, 0.4) is 0 Å². The van der Waals surface area contributed by atoms with E-state index in [0.29, 0.717) is 18.2 Å². The maximum absolute atomic E-state index is 7.50. The number of likely N-dealkylation sites (N-methyl/N-ethyl adjacent to an activating group) is 2. The predicted molar refractivity (Wildman–Crippen MR) is 119 cm³/mol. The molecule has 1 aliphatic carbocycles. The average molecular weight is 499 g/mol. The summed E-state index contributed by atoms with van der Waals surface area (Å²) in [6, 6.07) is 5.82. The number of nitrogens with zero attached hydrogens (tertiary/aromatic N) is 2. The van der Waals surface area contributed by atoms with Gasteiger partial charge < -0.3 is 9.47 Å². The summed E-state index contributed by atoms with van der Waals surface area (Å²) in [6.45, 7) is 20.7. The summed E-state index contributed by atoms with van der Waals surface area (Å²) in [6.07, 6.45) is 5.68. The molecule has 3 rings (SSSR count). The van der Waals surface area contributed by atoms with Gasteiger partial charge in [0.25, 0.3) is 0 Å². The minimum Gasteiger partial charge on any atom is 0 e. The first-order chi connectivity index (χ1) is 14.8. The summed E-state index contributed by atoms with van der Waals surface area (Å²) in [5.41, 5.74) is 1.41. The molecule has 0 bridgehead atoms. The zero-order chi connectivity index (χ0) is 24.4. The summed E-state index contributed by atoms with van der Waals surface area (Å²) in [7, 11) is 6.55. The third-order valence-corrected chi connectivity index (χ3v) is 8.20. The van der Waals surface area contributed by atoms with Crippen LogP contribution in [0.1, 0.15) is 37.4 Å². The number of methoxy groups -OCH3 is 2. The minimum absolute atomic E-state index is 0. The van der Waals surface area contributed by atoms with E-state index >= 15 is 0 Å². The van der Waals surface area contributed by atoms with Crippen molar-refractivity contribution in [2.45, 2.75) is 63.6 Å². The second-order valence-corrected chi connectivity index (χ2v) is 13.7. The summed E-state index contributed by atoms with van der Waals surface area (Å²) >= 11 is 0. The van der Waals surface area contributed by atoms with Crippen molar-refractivity contribution >= 4 is 13.3 Å². The Hall–Kier alpha value is -1.29. The Labute approximate surface area is 204 Å². The number of hydrogen-bond acceptors (Lipinski definition) is 4. The van der Waals surface area contributed by atoms with Crippen LogP contribution in [0, 0.1) is 20.0 Å². The number of fused-ring (bicyclic) bond motifs is 1. The molecular weight excluding hydrogens is 464 g/mol. The SMILES string of the molecule is COc1cc(C2N(C)[C@@H]3CCCC[C@H]3N2C)c([Si](C)(C)C)cc1OC.[C-]#[O+].[C-]#[O+].[C-]#[O+].[Cr]. The monoisotopic (exact) mass is 498 g/mol. The molecule has 1 heterocycles. The van der Waals surface area contributed by atoms with Crippen molar-refractivity contribution < 1.29 is 40.8 Å². The Kier molecular flexibility index (Phi) is 16.0. The third-order valence-electron chi connectivity index (χ3n) is 6.15. The second-order valence-electron chi connectivity index (χ2n) is 8.67. The van der Waals surface area contributed by atoms with Gasteiger partial charge in [-0.05, 0) is 44.6 Å². The smallest absolute Gasteiger partial charge is 0 e. The van der Waals surface area contributed by atoms with E-state index in [2.05, 4.69) is 75.6 Å². The molecule has 0 spiro atoms. The van der Waals surface area contributed by atoms with Crippen molar-refractivity contribution in [2.24, 2.45) is 0 Å². The van der Waals surface area contributed by atoms with E-state index in [4.69, 9.17) is 23.4 Å². The van der Waals surface area contributed by atoms with E-state index in [1.165, 1.54) is 36.4 Å². The molecule has 2 fully saturated rings. The molecular formula is C23H34CrN2O5Si. The van der Waals surface area contributed by atoms with E-state index in [0.717, 1.165) is 11.5 Å². The molecule has 0 aromatic heterocycles. The van der Waals surface area contributed by atoms with Gasteiger partial charge in [-0.1, -0.05) is 37.7 Å². The standard InChI is InChI=1S/C20H34N2O2Si.3CO.Cr/c1-21-15-10-8-9-11-16(15)22(2)20(21)14-12-17(23-3)18(24-4)13-19(14)25(5,6)7;3*1-2;/h12-13,15-16,20H,8-11H2,1-7H3;;;;/t15-,16-;;;;/m1..../s1. The van der Waals surface area contributed by atoms with Gasteiger partial charge in [0.05, 0.1) is 28.5 Å². The minimum atomic E-state index is -1.53. The Morgan fingerprint density at radius 1 is 0.812 bits per heavy atom. The summed E-state index contributed by atoms with van der Waals surface area (Å²) in [5, 5.41) is 1.48. The molecule has 0 N–H and O–H groups in total. The van der Waals surface area contributed by atoms with Gasteiger partial charge in [0.2, 0.25) is 0 Å². The predicted octanol–water partition coefficient (Wildman–Crippen LogP) is 3.32. The first-order valence-corrected chi connectivity index (χ1v) is 13.6. The Bertz CT molecular complexity index is 731. The molecule has 32 heavy (non-hydrogen) atoms. The normalized spacial score (nSPS) is 20.4. The number of ether oxygens (including phenoxy) is 2.